The fourth-order valence-corrected chi connectivity index (χ4v) is 1.94. The van der Waals surface area contributed by atoms with Gasteiger partial charge in [-0.05, 0) is 18.6 Å². The molecule has 1 aromatic carbocycles. The first-order chi connectivity index (χ1) is 9.24. The molecule has 2 rings (SSSR count). The van der Waals surface area contributed by atoms with Crippen molar-refractivity contribution >= 4 is 28.1 Å². The predicted molar refractivity (Wildman–Crippen MR) is 79.0 cm³/mol. The number of ketones is 1. The van der Waals surface area contributed by atoms with Crippen LogP contribution in [0.25, 0.3) is 10.9 Å². The standard InChI is InChI=1S/C16H18N2O/c1-3-13(11-14(19)4-2)18-15-9-5-7-12-8-6-10-17-16(12)15/h5-10H,3-4,11H2,1-2H3. The van der Waals surface area contributed by atoms with Crippen LogP contribution in [0.3, 0.4) is 0 Å². The third-order valence-electron chi connectivity index (χ3n) is 3.09. The number of benzene rings is 1. The first kappa shape index (κ1) is 13.4. The summed E-state index contributed by atoms with van der Waals surface area (Å²) in [7, 11) is 0. The summed E-state index contributed by atoms with van der Waals surface area (Å²) in [6.45, 7) is 3.91. The van der Waals surface area contributed by atoms with Gasteiger partial charge in [-0.1, -0.05) is 32.0 Å². The molecule has 0 saturated carbocycles. The van der Waals surface area contributed by atoms with Gasteiger partial charge in [-0.2, -0.15) is 0 Å². The fraction of sp³-hybridized carbons (Fsp3) is 0.312. The molecule has 3 nitrogen and oxygen atoms in total. The predicted octanol–water partition coefficient (Wildman–Crippen LogP) is 4.09. The van der Waals surface area contributed by atoms with Crippen LogP contribution in [0.5, 0.6) is 0 Å². The van der Waals surface area contributed by atoms with Crippen LogP contribution < -0.4 is 0 Å². The minimum absolute atomic E-state index is 0.230. The number of aliphatic imine (C=N–C) groups is 1. The maximum atomic E-state index is 11.5. The zero-order chi connectivity index (χ0) is 13.7. The normalized spacial score (nSPS) is 11.8. The smallest absolute Gasteiger partial charge is 0.138 e. The average molecular weight is 254 g/mol. The van der Waals surface area contributed by atoms with Crippen molar-refractivity contribution in [2.24, 2.45) is 4.99 Å². The Bertz CT molecular complexity index is 612. The molecule has 0 radical (unpaired) electrons. The summed E-state index contributed by atoms with van der Waals surface area (Å²) in [6.07, 6.45) is 3.56. The highest BCUT2D eigenvalue weighted by Gasteiger charge is 2.06. The molecule has 1 aromatic heterocycles. The van der Waals surface area contributed by atoms with E-state index < -0.39 is 0 Å². The first-order valence-corrected chi connectivity index (χ1v) is 6.66. The molecule has 98 valence electrons. The zero-order valence-corrected chi connectivity index (χ0v) is 11.4. The number of hydrogen-bond acceptors (Lipinski definition) is 3. The van der Waals surface area contributed by atoms with Gasteiger partial charge in [0.15, 0.2) is 0 Å². The zero-order valence-electron chi connectivity index (χ0n) is 11.4. The third kappa shape index (κ3) is 3.25. The van der Waals surface area contributed by atoms with E-state index in [1.165, 1.54) is 0 Å². The van der Waals surface area contributed by atoms with Gasteiger partial charge < -0.3 is 0 Å². The Hall–Kier alpha value is -2.03. The topological polar surface area (TPSA) is 42.3 Å². The second kappa shape index (κ2) is 6.23. The van der Waals surface area contributed by atoms with Crippen LogP contribution in [-0.2, 0) is 4.79 Å². The molecule has 0 fully saturated rings. The van der Waals surface area contributed by atoms with Crippen molar-refractivity contribution in [3.63, 3.8) is 0 Å². The molecule has 0 aliphatic heterocycles. The quantitative estimate of drug-likeness (QED) is 0.754. The molecular formula is C16H18N2O. The van der Waals surface area contributed by atoms with Crippen molar-refractivity contribution in [3.8, 4) is 0 Å². The summed E-state index contributed by atoms with van der Waals surface area (Å²) < 4.78 is 0. The summed E-state index contributed by atoms with van der Waals surface area (Å²) in [5.41, 5.74) is 2.66. The Labute approximate surface area is 113 Å². The van der Waals surface area contributed by atoms with Crippen LogP contribution in [0.4, 0.5) is 5.69 Å². The van der Waals surface area contributed by atoms with Crippen LogP contribution in [0, 0.1) is 0 Å². The number of fused-ring (bicyclic) bond motifs is 1. The number of pyridine rings is 1. The summed E-state index contributed by atoms with van der Waals surface area (Å²) in [4.78, 5) is 20.5. The number of aromatic nitrogens is 1. The third-order valence-corrected chi connectivity index (χ3v) is 3.09. The van der Waals surface area contributed by atoms with Gasteiger partial charge in [-0.15, -0.1) is 0 Å². The van der Waals surface area contributed by atoms with Gasteiger partial charge in [-0.25, -0.2) is 0 Å². The van der Waals surface area contributed by atoms with E-state index in [1.54, 1.807) is 6.20 Å². The Morgan fingerprint density at radius 2 is 1.95 bits per heavy atom. The number of para-hydroxylation sites is 1. The molecule has 3 heteroatoms. The second-order valence-corrected chi connectivity index (χ2v) is 4.45. The van der Waals surface area contributed by atoms with Gasteiger partial charge in [0, 0.05) is 30.1 Å². The van der Waals surface area contributed by atoms with Gasteiger partial charge >= 0.3 is 0 Å². The second-order valence-electron chi connectivity index (χ2n) is 4.45. The van der Waals surface area contributed by atoms with E-state index in [1.807, 2.05) is 44.2 Å². The Morgan fingerprint density at radius 3 is 2.68 bits per heavy atom. The number of nitrogens with zero attached hydrogens (tertiary/aromatic N) is 2. The minimum atomic E-state index is 0.230. The molecule has 19 heavy (non-hydrogen) atoms. The molecule has 0 aliphatic rings. The summed E-state index contributed by atoms with van der Waals surface area (Å²) in [5, 5.41) is 1.07. The molecule has 2 aromatic rings. The minimum Gasteiger partial charge on any atom is -0.299 e. The van der Waals surface area contributed by atoms with Gasteiger partial charge in [0.05, 0.1) is 11.2 Å². The number of rotatable bonds is 5. The van der Waals surface area contributed by atoms with E-state index in [0.717, 1.165) is 28.7 Å². The van der Waals surface area contributed by atoms with Crippen LogP contribution in [0.2, 0.25) is 0 Å². The number of Topliss-reactive ketones (excluding diaryl/α,β-unsaturated/α-hetero) is 1. The van der Waals surface area contributed by atoms with E-state index in [9.17, 15) is 4.79 Å². The van der Waals surface area contributed by atoms with Crippen molar-refractivity contribution in [2.75, 3.05) is 0 Å². The Kier molecular flexibility index (Phi) is 4.39. The summed E-state index contributed by atoms with van der Waals surface area (Å²) in [6, 6.07) is 9.87. The average Bonchev–Trinajstić information content (AvgIpc) is 2.46. The highest BCUT2D eigenvalue weighted by Crippen LogP contribution is 2.24. The Balaban J connectivity index is 2.40. The van der Waals surface area contributed by atoms with Crippen LogP contribution >= 0.6 is 0 Å². The molecule has 0 amide bonds. The molecule has 0 saturated heterocycles. The molecule has 0 spiro atoms. The molecule has 0 aliphatic carbocycles. The van der Waals surface area contributed by atoms with E-state index >= 15 is 0 Å². The molecule has 1 heterocycles. The lowest BCUT2D eigenvalue weighted by atomic mass is 10.1. The van der Waals surface area contributed by atoms with Crippen molar-refractivity contribution in [2.45, 2.75) is 33.1 Å². The van der Waals surface area contributed by atoms with Gasteiger partial charge in [0.1, 0.15) is 5.78 Å². The van der Waals surface area contributed by atoms with Crippen molar-refractivity contribution < 1.29 is 4.79 Å². The molecule has 0 N–H and O–H groups in total. The lowest BCUT2D eigenvalue weighted by Crippen LogP contribution is -2.05. The number of carbonyl (C=O) groups excluding carboxylic acids is 1. The lowest BCUT2D eigenvalue weighted by molar-refractivity contribution is -0.117. The van der Waals surface area contributed by atoms with Crippen LogP contribution in [0.1, 0.15) is 33.1 Å². The van der Waals surface area contributed by atoms with Crippen LogP contribution in [-0.4, -0.2) is 16.5 Å². The van der Waals surface area contributed by atoms with E-state index in [4.69, 9.17) is 0 Å². The highest BCUT2D eigenvalue weighted by atomic mass is 16.1. The monoisotopic (exact) mass is 254 g/mol. The van der Waals surface area contributed by atoms with Crippen molar-refractivity contribution in [1.82, 2.24) is 4.98 Å². The summed E-state index contributed by atoms with van der Waals surface area (Å²) in [5.74, 6) is 0.230. The van der Waals surface area contributed by atoms with Crippen molar-refractivity contribution in [1.29, 1.82) is 0 Å². The highest BCUT2D eigenvalue weighted by molar-refractivity contribution is 6.04. The van der Waals surface area contributed by atoms with E-state index in [0.29, 0.717) is 12.8 Å². The van der Waals surface area contributed by atoms with Crippen LogP contribution in [0.15, 0.2) is 41.5 Å². The van der Waals surface area contributed by atoms with Gasteiger partial charge in [0.25, 0.3) is 0 Å². The molecule has 0 unspecified atom stereocenters. The Morgan fingerprint density at radius 1 is 1.16 bits per heavy atom. The molecular weight excluding hydrogens is 236 g/mol. The van der Waals surface area contributed by atoms with E-state index in [-0.39, 0.29) is 5.78 Å². The van der Waals surface area contributed by atoms with Gasteiger partial charge in [-0.3, -0.25) is 14.8 Å². The number of hydrogen-bond donors (Lipinski definition) is 0. The van der Waals surface area contributed by atoms with Gasteiger partial charge in [0.2, 0.25) is 0 Å². The lowest BCUT2D eigenvalue weighted by Gasteiger charge is -2.05. The number of carbonyl (C=O) groups is 1. The molecule has 0 bridgehead atoms. The van der Waals surface area contributed by atoms with E-state index in [2.05, 4.69) is 9.98 Å². The SMILES string of the molecule is CCC(=O)CC(CC)=Nc1cccc2cccnc12. The fourth-order valence-electron chi connectivity index (χ4n) is 1.94. The van der Waals surface area contributed by atoms with Crippen molar-refractivity contribution in [3.05, 3.63) is 36.5 Å². The maximum Gasteiger partial charge on any atom is 0.138 e. The molecule has 0 atom stereocenters. The summed E-state index contributed by atoms with van der Waals surface area (Å²) >= 11 is 0. The first-order valence-electron chi connectivity index (χ1n) is 6.66. The largest absolute Gasteiger partial charge is 0.299 e. The maximum absolute atomic E-state index is 11.5.